The smallest absolute Gasteiger partial charge is 0.726 e. The highest BCUT2D eigenvalue weighted by atomic mass is 32.3. The van der Waals surface area contributed by atoms with Gasteiger partial charge in [0.2, 0.25) is 10.4 Å². The predicted octanol–water partition coefficient (Wildman–Crippen LogP) is 0.823. The molecule has 0 saturated heterocycles. The first-order valence-electron chi connectivity index (χ1n) is 3.79. The van der Waals surface area contributed by atoms with E-state index in [2.05, 4.69) is 0 Å². The summed E-state index contributed by atoms with van der Waals surface area (Å²) in [6.45, 7) is 1.98. The van der Waals surface area contributed by atoms with E-state index in [1.165, 1.54) is 5.56 Å². The molecule has 1 aromatic carbocycles. The normalized spacial score (nSPS) is 12.6. The molecular weight excluding hydrogens is 206 g/mol. The Morgan fingerprint density at radius 2 is 1.79 bits per heavy atom. The zero-order valence-corrected chi connectivity index (χ0v) is 8.44. The molecule has 80 valence electrons. The van der Waals surface area contributed by atoms with Crippen LogP contribution in [0.1, 0.15) is 20.0 Å². The van der Waals surface area contributed by atoms with Crippen LogP contribution in [0.5, 0.6) is 0 Å². The van der Waals surface area contributed by atoms with E-state index in [9.17, 15) is 0 Å². The Kier molecular flexibility index (Phi) is 5.32. The van der Waals surface area contributed by atoms with E-state index in [0.717, 1.165) is 0 Å². The molecule has 0 aliphatic rings. The van der Waals surface area contributed by atoms with Gasteiger partial charge in [0, 0.05) is 6.04 Å². The molecule has 0 radical (unpaired) electrons. The first-order valence-corrected chi connectivity index (χ1v) is 5.16. The maximum absolute atomic E-state index is 8.63. The molecule has 0 amide bonds. The lowest BCUT2D eigenvalue weighted by Crippen LogP contribution is -2.03. The molecule has 6 heteroatoms. The summed E-state index contributed by atoms with van der Waals surface area (Å²) in [5, 5.41) is 0. The molecule has 1 atom stereocenters. The maximum Gasteiger partial charge on any atom is 1.00 e. The summed E-state index contributed by atoms with van der Waals surface area (Å²) in [7, 11) is -4.92. The van der Waals surface area contributed by atoms with E-state index in [1.807, 2.05) is 37.3 Å². The second-order valence-electron chi connectivity index (χ2n) is 2.63. The van der Waals surface area contributed by atoms with Crippen molar-refractivity contribution in [3.05, 3.63) is 35.9 Å². The molecular formula is C8H13NO4S. The summed E-state index contributed by atoms with van der Waals surface area (Å²) in [6, 6.07) is 10.2. The summed E-state index contributed by atoms with van der Waals surface area (Å²) in [5.74, 6) is 0. The number of hydrogen-bond acceptors (Lipinski definition) is 4. The van der Waals surface area contributed by atoms with Gasteiger partial charge >= 0.3 is 1.43 Å². The van der Waals surface area contributed by atoms with Crippen molar-refractivity contribution in [2.45, 2.75) is 13.0 Å². The summed E-state index contributed by atoms with van der Waals surface area (Å²) in [4.78, 5) is 0. The average molecular weight is 219 g/mol. The molecule has 0 aliphatic heterocycles. The second-order valence-corrected chi connectivity index (χ2v) is 3.48. The Morgan fingerprint density at radius 1 is 1.43 bits per heavy atom. The van der Waals surface area contributed by atoms with Gasteiger partial charge in [-0.1, -0.05) is 30.3 Å². The molecule has 14 heavy (non-hydrogen) atoms. The Balaban J connectivity index is 0. The number of rotatable bonds is 1. The van der Waals surface area contributed by atoms with Gasteiger partial charge < -0.3 is 10.3 Å². The van der Waals surface area contributed by atoms with Crippen molar-refractivity contribution in [2.24, 2.45) is 5.73 Å². The van der Waals surface area contributed by atoms with Gasteiger partial charge in [-0.25, -0.2) is 8.42 Å². The largest absolute Gasteiger partial charge is 1.00 e. The third-order valence-corrected chi connectivity index (χ3v) is 1.33. The standard InChI is InChI=1S/C8H11N.H2O4S/c1-7(9)8-5-3-2-4-6-8;1-5(2,3)4/h2-7H,9H2,1H3;(H2,1,2,3,4). The van der Waals surface area contributed by atoms with Crippen LogP contribution in [-0.4, -0.2) is 17.5 Å². The van der Waals surface area contributed by atoms with Gasteiger partial charge in [0.25, 0.3) is 0 Å². The number of nitrogens with two attached hydrogens (primary N) is 1. The minimum atomic E-state index is -4.92. The van der Waals surface area contributed by atoms with Crippen LogP contribution >= 0.6 is 0 Å². The molecule has 0 bridgehead atoms. The van der Waals surface area contributed by atoms with Gasteiger partial charge in [-0.15, -0.1) is 0 Å². The van der Waals surface area contributed by atoms with Crippen LogP contribution in [0.25, 0.3) is 0 Å². The lowest BCUT2D eigenvalue weighted by atomic mass is 10.1. The second kappa shape index (κ2) is 5.71. The van der Waals surface area contributed by atoms with Gasteiger partial charge in [0.15, 0.2) is 0 Å². The average Bonchev–Trinajstić information content (AvgIpc) is 2.03. The van der Waals surface area contributed by atoms with Crippen molar-refractivity contribution in [3.63, 3.8) is 0 Å². The van der Waals surface area contributed by atoms with Crippen molar-refractivity contribution < 1.29 is 18.9 Å². The van der Waals surface area contributed by atoms with Crippen molar-refractivity contribution in [3.8, 4) is 0 Å². The lowest BCUT2D eigenvalue weighted by Gasteiger charge is -2.02. The van der Waals surface area contributed by atoms with Crippen LogP contribution in [0.4, 0.5) is 0 Å². The topological polar surface area (TPSA) is 103 Å². The van der Waals surface area contributed by atoms with Crippen molar-refractivity contribution in [1.29, 1.82) is 0 Å². The van der Waals surface area contributed by atoms with E-state index in [-0.39, 0.29) is 7.47 Å². The first-order chi connectivity index (χ1) is 6.30. The quantitative estimate of drug-likeness (QED) is 0.537. The lowest BCUT2D eigenvalue weighted by molar-refractivity contribution is 0.366. The molecule has 0 saturated carbocycles. The fraction of sp³-hybridized carbons (Fsp3) is 0.250. The van der Waals surface area contributed by atoms with E-state index >= 15 is 0 Å². The highest BCUT2D eigenvalue weighted by molar-refractivity contribution is 7.79. The fourth-order valence-electron chi connectivity index (χ4n) is 0.757. The third-order valence-electron chi connectivity index (χ3n) is 1.33. The summed E-state index contributed by atoms with van der Waals surface area (Å²) >= 11 is 0. The SMILES string of the molecule is CC(N)c1ccccc1.O=S(=O)([O-])O.[H+]. The van der Waals surface area contributed by atoms with Crippen LogP contribution in [-0.2, 0) is 10.4 Å². The molecule has 0 aliphatic carbocycles. The van der Waals surface area contributed by atoms with Gasteiger partial charge in [0.1, 0.15) is 0 Å². The molecule has 5 nitrogen and oxygen atoms in total. The van der Waals surface area contributed by atoms with Gasteiger partial charge in [-0.3, -0.25) is 4.55 Å². The van der Waals surface area contributed by atoms with Crippen molar-refractivity contribution in [2.75, 3.05) is 0 Å². The Hall–Kier alpha value is -0.950. The van der Waals surface area contributed by atoms with E-state index < -0.39 is 10.4 Å². The summed E-state index contributed by atoms with van der Waals surface area (Å²) in [6.07, 6.45) is 0. The third kappa shape index (κ3) is 9.14. The number of benzene rings is 1. The predicted molar refractivity (Wildman–Crippen MR) is 52.5 cm³/mol. The highest BCUT2D eigenvalue weighted by Crippen LogP contribution is 2.06. The molecule has 3 N–H and O–H groups in total. The molecule has 1 unspecified atom stereocenters. The van der Waals surface area contributed by atoms with Gasteiger partial charge in [-0.05, 0) is 12.5 Å². The van der Waals surface area contributed by atoms with E-state index in [1.54, 1.807) is 0 Å². The molecule has 1 aromatic rings. The van der Waals surface area contributed by atoms with Crippen LogP contribution in [0, 0.1) is 0 Å². The van der Waals surface area contributed by atoms with Crippen molar-refractivity contribution >= 4 is 10.4 Å². The molecule has 1 rings (SSSR count). The van der Waals surface area contributed by atoms with Gasteiger partial charge in [-0.2, -0.15) is 0 Å². The van der Waals surface area contributed by atoms with Crippen LogP contribution in [0.2, 0.25) is 0 Å². The van der Waals surface area contributed by atoms with Crippen LogP contribution in [0.3, 0.4) is 0 Å². The van der Waals surface area contributed by atoms with Gasteiger partial charge in [0.05, 0.1) is 0 Å². The molecule has 0 spiro atoms. The molecule has 0 fully saturated rings. The monoisotopic (exact) mass is 219 g/mol. The summed E-state index contributed by atoms with van der Waals surface area (Å²) < 4.78 is 32.8. The first kappa shape index (κ1) is 13.1. The van der Waals surface area contributed by atoms with E-state index in [0.29, 0.717) is 0 Å². The Morgan fingerprint density at radius 3 is 2.00 bits per heavy atom. The minimum Gasteiger partial charge on any atom is -0.726 e. The van der Waals surface area contributed by atoms with Crippen LogP contribution < -0.4 is 5.73 Å². The van der Waals surface area contributed by atoms with Crippen LogP contribution in [0.15, 0.2) is 30.3 Å². The Bertz CT molecular complexity index is 344. The summed E-state index contributed by atoms with van der Waals surface area (Å²) in [5.41, 5.74) is 6.81. The minimum absolute atomic E-state index is 0. The zero-order valence-electron chi connectivity index (χ0n) is 8.62. The van der Waals surface area contributed by atoms with E-state index in [4.69, 9.17) is 23.3 Å². The fourth-order valence-corrected chi connectivity index (χ4v) is 0.757. The maximum atomic E-state index is 8.63. The Labute approximate surface area is 84.6 Å². The molecule has 0 aromatic heterocycles. The highest BCUT2D eigenvalue weighted by Gasteiger charge is 1.93. The van der Waals surface area contributed by atoms with Crippen molar-refractivity contribution in [1.82, 2.24) is 0 Å². The molecule has 0 heterocycles. The zero-order chi connectivity index (χ0) is 11.2. The number of hydrogen-bond donors (Lipinski definition) is 2.